The monoisotopic (exact) mass is 289 g/mol. The van der Waals surface area contributed by atoms with Crippen molar-refractivity contribution in [3.05, 3.63) is 59.1 Å². The summed E-state index contributed by atoms with van der Waals surface area (Å²) in [6.07, 6.45) is 5.21. The van der Waals surface area contributed by atoms with E-state index in [1.165, 1.54) is 5.56 Å². The maximum atomic E-state index is 5.96. The first kappa shape index (κ1) is 14.9. The zero-order valence-corrected chi connectivity index (χ0v) is 12.8. The van der Waals surface area contributed by atoms with Crippen molar-refractivity contribution in [2.75, 3.05) is 0 Å². The van der Waals surface area contributed by atoms with E-state index in [2.05, 4.69) is 48.2 Å². The molecule has 2 atom stereocenters. The van der Waals surface area contributed by atoms with Gasteiger partial charge < -0.3 is 5.32 Å². The number of hydrogen-bond donors (Lipinski definition) is 1. The van der Waals surface area contributed by atoms with Gasteiger partial charge in [-0.05, 0) is 30.5 Å². The molecule has 0 saturated carbocycles. The number of hydrogen-bond acceptors (Lipinski definition) is 3. The van der Waals surface area contributed by atoms with Crippen LogP contribution in [-0.2, 0) is 0 Å². The summed E-state index contributed by atoms with van der Waals surface area (Å²) in [5.74, 6) is 0.468. The summed E-state index contributed by atoms with van der Waals surface area (Å²) < 4.78 is 0. The summed E-state index contributed by atoms with van der Waals surface area (Å²) in [5.41, 5.74) is 2.19. The van der Waals surface area contributed by atoms with Gasteiger partial charge in [0.05, 0.1) is 5.69 Å². The minimum atomic E-state index is 0.145. The molecule has 106 valence electrons. The predicted octanol–water partition coefficient (Wildman–Crippen LogP) is 4.18. The second-order valence-corrected chi connectivity index (χ2v) is 5.73. The molecule has 0 bridgehead atoms. The van der Waals surface area contributed by atoms with Gasteiger partial charge in [0.2, 0.25) is 0 Å². The van der Waals surface area contributed by atoms with Gasteiger partial charge in [-0.2, -0.15) is 0 Å². The van der Waals surface area contributed by atoms with E-state index >= 15 is 0 Å². The molecule has 0 spiro atoms. The Morgan fingerprint density at radius 3 is 2.30 bits per heavy atom. The van der Waals surface area contributed by atoms with Gasteiger partial charge in [0.15, 0.2) is 0 Å². The van der Waals surface area contributed by atoms with E-state index in [4.69, 9.17) is 11.6 Å². The fourth-order valence-corrected chi connectivity index (χ4v) is 2.36. The summed E-state index contributed by atoms with van der Waals surface area (Å²) in [7, 11) is 0. The van der Waals surface area contributed by atoms with Crippen LogP contribution < -0.4 is 5.32 Å². The summed E-state index contributed by atoms with van der Waals surface area (Å²) >= 11 is 5.96. The normalized spacial score (nSPS) is 14.2. The molecule has 1 N–H and O–H groups in total. The molecular formula is C16H20ClN3. The van der Waals surface area contributed by atoms with Gasteiger partial charge in [-0.25, -0.2) is 0 Å². The van der Waals surface area contributed by atoms with Crippen molar-refractivity contribution in [2.24, 2.45) is 5.92 Å². The van der Waals surface area contributed by atoms with E-state index < -0.39 is 0 Å². The highest BCUT2D eigenvalue weighted by atomic mass is 35.5. The second-order valence-electron chi connectivity index (χ2n) is 5.29. The molecule has 3 nitrogen and oxygen atoms in total. The molecule has 1 heterocycles. The van der Waals surface area contributed by atoms with Crippen molar-refractivity contribution in [3.63, 3.8) is 0 Å². The molecule has 0 fully saturated rings. The minimum absolute atomic E-state index is 0.145. The van der Waals surface area contributed by atoms with Crippen LogP contribution in [0.4, 0.5) is 0 Å². The Morgan fingerprint density at radius 2 is 1.75 bits per heavy atom. The van der Waals surface area contributed by atoms with Gasteiger partial charge in [-0.15, -0.1) is 0 Å². The zero-order valence-electron chi connectivity index (χ0n) is 12.0. The van der Waals surface area contributed by atoms with Crippen LogP contribution in [0, 0.1) is 5.92 Å². The number of benzene rings is 1. The number of halogens is 1. The smallest absolute Gasteiger partial charge is 0.0753 e. The molecule has 0 aliphatic rings. The Balaban J connectivity index is 2.16. The van der Waals surface area contributed by atoms with Crippen LogP contribution in [0.15, 0.2) is 42.9 Å². The minimum Gasteiger partial charge on any atom is -0.302 e. The molecule has 2 aromatic rings. The molecule has 0 radical (unpaired) electrons. The number of nitrogens with zero attached hydrogens (tertiary/aromatic N) is 2. The van der Waals surface area contributed by atoms with Gasteiger partial charge in [-0.3, -0.25) is 9.97 Å². The van der Waals surface area contributed by atoms with Crippen LogP contribution in [0.1, 0.15) is 44.1 Å². The molecular weight excluding hydrogens is 270 g/mol. The van der Waals surface area contributed by atoms with Gasteiger partial charge >= 0.3 is 0 Å². The highest BCUT2D eigenvalue weighted by Gasteiger charge is 2.19. The lowest BCUT2D eigenvalue weighted by Crippen LogP contribution is -2.29. The lowest BCUT2D eigenvalue weighted by molar-refractivity contribution is 0.370. The molecule has 1 aromatic heterocycles. The third-order valence-electron chi connectivity index (χ3n) is 3.35. The molecule has 0 amide bonds. The van der Waals surface area contributed by atoms with Gasteiger partial charge in [0, 0.05) is 35.7 Å². The fraction of sp³-hybridized carbons (Fsp3) is 0.375. The number of aromatic nitrogens is 2. The summed E-state index contributed by atoms with van der Waals surface area (Å²) in [4.78, 5) is 8.48. The Bertz CT molecular complexity index is 525. The highest BCUT2D eigenvalue weighted by molar-refractivity contribution is 6.30. The maximum Gasteiger partial charge on any atom is 0.0753 e. The van der Waals surface area contributed by atoms with Gasteiger partial charge in [-0.1, -0.05) is 37.6 Å². The van der Waals surface area contributed by atoms with Crippen LogP contribution in [0.25, 0.3) is 0 Å². The van der Waals surface area contributed by atoms with Crippen molar-refractivity contribution in [1.82, 2.24) is 15.3 Å². The first-order valence-electron chi connectivity index (χ1n) is 6.85. The van der Waals surface area contributed by atoms with E-state index in [0.717, 1.165) is 10.7 Å². The fourth-order valence-electron chi connectivity index (χ4n) is 2.23. The molecule has 4 heteroatoms. The van der Waals surface area contributed by atoms with E-state index in [1.807, 2.05) is 12.1 Å². The number of nitrogens with one attached hydrogen (secondary N) is 1. The maximum absolute atomic E-state index is 5.96. The Hall–Kier alpha value is -1.45. The van der Waals surface area contributed by atoms with Crippen molar-refractivity contribution in [3.8, 4) is 0 Å². The van der Waals surface area contributed by atoms with Crippen molar-refractivity contribution >= 4 is 11.6 Å². The van der Waals surface area contributed by atoms with Crippen molar-refractivity contribution in [1.29, 1.82) is 0 Å². The molecule has 0 aliphatic carbocycles. The topological polar surface area (TPSA) is 37.8 Å². The third-order valence-corrected chi connectivity index (χ3v) is 3.60. The van der Waals surface area contributed by atoms with Crippen molar-refractivity contribution in [2.45, 2.75) is 32.9 Å². The molecule has 20 heavy (non-hydrogen) atoms. The van der Waals surface area contributed by atoms with E-state index in [0.29, 0.717) is 5.92 Å². The van der Waals surface area contributed by atoms with E-state index in [1.54, 1.807) is 18.6 Å². The van der Waals surface area contributed by atoms with Gasteiger partial charge in [0.25, 0.3) is 0 Å². The zero-order chi connectivity index (χ0) is 14.5. The largest absolute Gasteiger partial charge is 0.302 e. The summed E-state index contributed by atoms with van der Waals surface area (Å²) in [6.45, 7) is 6.51. The van der Waals surface area contributed by atoms with Crippen LogP contribution in [0.2, 0.25) is 5.02 Å². The van der Waals surface area contributed by atoms with Crippen LogP contribution >= 0.6 is 11.6 Å². The number of rotatable bonds is 5. The second kappa shape index (κ2) is 6.82. The molecule has 0 saturated heterocycles. The quantitative estimate of drug-likeness (QED) is 0.897. The van der Waals surface area contributed by atoms with E-state index in [9.17, 15) is 0 Å². The molecule has 1 aromatic carbocycles. The average molecular weight is 290 g/mol. The molecule has 2 unspecified atom stereocenters. The van der Waals surface area contributed by atoms with Crippen molar-refractivity contribution < 1.29 is 0 Å². The Kier molecular flexibility index (Phi) is 5.10. The Morgan fingerprint density at radius 1 is 1.05 bits per heavy atom. The average Bonchev–Trinajstić information content (AvgIpc) is 2.46. The van der Waals surface area contributed by atoms with Crippen LogP contribution in [0.3, 0.4) is 0 Å². The first-order chi connectivity index (χ1) is 9.58. The van der Waals surface area contributed by atoms with Crippen LogP contribution in [0.5, 0.6) is 0 Å². The Labute approximate surface area is 125 Å². The van der Waals surface area contributed by atoms with E-state index in [-0.39, 0.29) is 12.1 Å². The first-order valence-corrected chi connectivity index (χ1v) is 7.23. The standard InChI is InChI=1S/C16H20ClN3/c1-11(2)16(13-4-6-14(17)7-5-13)20-12(3)15-10-18-8-9-19-15/h4-12,16,20H,1-3H3. The highest BCUT2D eigenvalue weighted by Crippen LogP contribution is 2.26. The molecule has 2 rings (SSSR count). The van der Waals surface area contributed by atoms with Crippen LogP contribution in [-0.4, -0.2) is 9.97 Å². The van der Waals surface area contributed by atoms with Gasteiger partial charge in [0.1, 0.15) is 0 Å². The summed E-state index contributed by atoms with van der Waals surface area (Å²) in [5, 5.41) is 4.39. The summed E-state index contributed by atoms with van der Waals surface area (Å²) in [6, 6.07) is 8.41. The predicted molar refractivity (Wildman–Crippen MR) is 82.6 cm³/mol. The SMILES string of the molecule is CC(NC(c1ccc(Cl)cc1)C(C)C)c1cnccn1. The third kappa shape index (κ3) is 3.78. The molecule has 0 aliphatic heterocycles. The lowest BCUT2D eigenvalue weighted by atomic mass is 9.95. The lowest BCUT2D eigenvalue weighted by Gasteiger charge is -2.26.